The van der Waals surface area contributed by atoms with Gasteiger partial charge in [-0.3, -0.25) is 9.69 Å². The van der Waals surface area contributed by atoms with Gasteiger partial charge in [0, 0.05) is 25.3 Å². The average Bonchev–Trinajstić information content (AvgIpc) is 2.70. The van der Waals surface area contributed by atoms with Crippen molar-refractivity contribution in [1.82, 2.24) is 4.90 Å². The lowest BCUT2D eigenvalue weighted by Crippen LogP contribution is -2.54. The summed E-state index contributed by atoms with van der Waals surface area (Å²) in [5.41, 5.74) is 2.31. The van der Waals surface area contributed by atoms with Crippen molar-refractivity contribution in [2.75, 3.05) is 31.1 Å². The first kappa shape index (κ1) is 10.7. The fourth-order valence-corrected chi connectivity index (χ4v) is 2.55. The zero-order chi connectivity index (χ0) is 11.8. The Morgan fingerprint density at radius 2 is 2.12 bits per heavy atom. The highest BCUT2D eigenvalue weighted by atomic mass is 16.3. The van der Waals surface area contributed by atoms with Crippen molar-refractivity contribution < 1.29 is 9.90 Å². The Bertz CT molecular complexity index is 441. The van der Waals surface area contributed by atoms with Crippen molar-refractivity contribution in [3.8, 4) is 0 Å². The van der Waals surface area contributed by atoms with E-state index in [1.54, 1.807) is 0 Å². The van der Waals surface area contributed by atoms with E-state index in [4.69, 9.17) is 0 Å². The summed E-state index contributed by atoms with van der Waals surface area (Å²) >= 11 is 0. The van der Waals surface area contributed by atoms with Crippen molar-refractivity contribution in [3.05, 3.63) is 29.8 Å². The number of carbonyl (C=O) groups excluding carboxylic acids is 1. The van der Waals surface area contributed by atoms with Crippen LogP contribution in [0.25, 0.3) is 0 Å². The van der Waals surface area contributed by atoms with Crippen LogP contribution in [-0.4, -0.2) is 48.2 Å². The van der Waals surface area contributed by atoms with Gasteiger partial charge in [0.2, 0.25) is 5.91 Å². The number of likely N-dealkylation sites (tertiary alicyclic amines) is 1. The Balaban J connectivity index is 1.67. The number of anilines is 1. The molecule has 90 valence electrons. The minimum absolute atomic E-state index is 0.141. The summed E-state index contributed by atoms with van der Waals surface area (Å²) in [7, 11) is 0. The minimum atomic E-state index is -0.242. The smallest absolute Gasteiger partial charge is 0.241 e. The summed E-state index contributed by atoms with van der Waals surface area (Å²) in [4.78, 5) is 16.0. The Hall–Kier alpha value is -1.39. The predicted molar refractivity (Wildman–Crippen MR) is 64.9 cm³/mol. The first-order chi connectivity index (χ1) is 8.24. The maximum atomic E-state index is 12.1. The first-order valence-electron chi connectivity index (χ1n) is 6.03. The summed E-state index contributed by atoms with van der Waals surface area (Å²) in [5, 5.41) is 9.19. The van der Waals surface area contributed by atoms with E-state index in [9.17, 15) is 9.90 Å². The van der Waals surface area contributed by atoms with Gasteiger partial charge in [0.15, 0.2) is 0 Å². The standard InChI is InChI=1S/C13H16N2O2/c16-11-7-14(8-11)9-13(17)15-6-5-10-3-1-2-4-12(10)15/h1-4,11,16H,5-9H2. The van der Waals surface area contributed by atoms with Gasteiger partial charge in [0.1, 0.15) is 0 Å². The third-order valence-electron chi connectivity index (χ3n) is 3.48. The highest BCUT2D eigenvalue weighted by Crippen LogP contribution is 2.27. The summed E-state index contributed by atoms with van der Waals surface area (Å²) in [6.45, 7) is 2.46. The van der Waals surface area contributed by atoms with Crippen molar-refractivity contribution >= 4 is 11.6 Å². The number of aliphatic hydroxyl groups is 1. The molecule has 0 atom stereocenters. The van der Waals surface area contributed by atoms with Gasteiger partial charge in [0.05, 0.1) is 12.6 Å². The number of amides is 1. The van der Waals surface area contributed by atoms with Crippen LogP contribution >= 0.6 is 0 Å². The zero-order valence-electron chi connectivity index (χ0n) is 9.67. The lowest BCUT2D eigenvalue weighted by atomic mass is 10.1. The van der Waals surface area contributed by atoms with Gasteiger partial charge in [-0.25, -0.2) is 0 Å². The average molecular weight is 232 g/mol. The molecule has 2 aliphatic heterocycles. The molecule has 1 aromatic carbocycles. The topological polar surface area (TPSA) is 43.8 Å². The molecule has 1 saturated heterocycles. The van der Waals surface area contributed by atoms with Crippen LogP contribution in [0.5, 0.6) is 0 Å². The van der Waals surface area contributed by atoms with Crippen LogP contribution in [0.1, 0.15) is 5.56 Å². The number of hydrogen-bond donors (Lipinski definition) is 1. The molecule has 4 nitrogen and oxygen atoms in total. The lowest BCUT2D eigenvalue weighted by molar-refractivity contribution is -0.122. The Labute approximate surface area is 100 Å². The molecule has 17 heavy (non-hydrogen) atoms. The van der Waals surface area contributed by atoms with Crippen molar-refractivity contribution in [2.45, 2.75) is 12.5 Å². The van der Waals surface area contributed by atoms with Crippen LogP contribution in [0.3, 0.4) is 0 Å². The highest BCUT2D eigenvalue weighted by Gasteiger charge is 2.30. The summed E-state index contributed by atoms with van der Waals surface area (Å²) < 4.78 is 0. The Morgan fingerprint density at radius 3 is 2.88 bits per heavy atom. The third kappa shape index (κ3) is 1.94. The first-order valence-corrected chi connectivity index (χ1v) is 6.03. The van der Waals surface area contributed by atoms with Gasteiger partial charge in [-0.2, -0.15) is 0 Å². The predicted octanol–water partition coefficient (Wildman–Crippen LogP) is 0.252. The van der Waals surface area contributed by atoms with Gasteiger partial charge in [-0.1, -0.05) is 18.2 Å². The number of β-amino-alcohol motifs (C(OH)–C–C–N with tert-alkyl or cyclic N) is 1. The summed E-state index contributed by atoms with van der Waals surface area (Å²) in [6.07, 6.45) is 0.707. The zero-order valence-corrected chi connectivity index (χ0v) is 9.67. The molecule has 2 heterocycles. The molecule has 2 aliphatic rings. The van der Waals surface area contributed by atoms with E-state index >= 15 is 0 Å². The van der Waals surface area contributed by atoms with E-state index in [2.05, 4.69) is 6.07 Å². The second-order valence-electron chi connectivity index (χ2n) is 4.77. The molecular formula is C13H16N2O2. The van der Waals surface area contributed by atoms with Crippen LogP contribution in [0.4, 0.5) is 5.69 Å². The SMILES string of the molecule is O=C(CN1CC(O)C1)N1CCc2ccccc21. The molecule has 0 spiro atoms. The van der Waals surface area contributed by atoms with Crippen LogP contribution < -0.4 is 4.90 Å². The largest absolute Gasteiger partial charge is 0.390 e. The molecule has 0 unspecified atom stereocenters. The summed E-state index contributed by atoms with van der Waals surface area (Å²) in [5.74, 6) is 0.141. The maximum absolute atomic E-state index is 12.1. The molecule has 0 aliphatic carbocycles. The number of aliphatic hydroxyl groups excluding tert-OH is 1. The van der Waals surface area contributed by atoms with Gasteiger partial charge in [-0.05, 0) is 18.1 Å². The molecule has 1 fully saturated rings. The molecule has 0 radical (unpaired) electrons. The van der Waals surface area contributed by atoms with E-state index in [1.807, 2.05) is 28.0 Å². The van der Waals surface area contributed by atoms with Crippen LogP contribution in [0.2, 0.25) is 0 Å². The number of para-hydroxylation sites is 1. The lowest BCUT2D eigenvalue weighted by Gasteiger charge is -2.36. The minimum Gasteiger partial charge on any atom is -0.390 e. The van der Waals surface area contributed by atoms with E-state index < -0.39 is 0 Å². The van der Waals surface area contributed by atoms with E-state index in [-0.39, 0.29) is 12.0 Å². The number of fused-ring (bicyclic) bond motifs is 1. The number of hydrogen-bond acceptors (Lipinski definition) is 3. The molecule has 1 N–H and O–H groups in total. The fourth-order valence-electron chi connectivity index (χ4n) is 2.55. The molecule has 3 rings (SSSR count). The molecular weight excluding hydrogens is 216 g/mol. The highest BCUT2D eigenvalue weighted by molar-refractivity contribution is 5.96. The van der Waals surface area contributed by atoms with Gasteiger partial charge in [0.25, 0.3) is 0 Å². The number of nitrogens with zero attached hydrogens (tertiary/aromatic N) is 2. The van der Waals surface area contributed by atoms with E-state index in [0.29, 0.717) is 19.6 Å². The van der Waals surface area contributed by atoms with Crippen LogP contribution in [0, 0.1) is 0 Å². The number of rotatable bonds is 2. The van der Waals surface area contributed by atoms with E-state index in [0.717, 1.165) is 18.7 Å². The maximum Gasteiger partial charge on any atom is 0.241 e. The Morgan fingerprint density at radius 1 is 1.35 bits per heavy atom. The third-order valence-corrected chi connectivity index (χ3v) is 3.48. The van der Waals surface area contributed by atoms with Gasteiger partial charge in [-0.15, -0.1) is 0 Å². The van der Waals surface area contributed by atoms with Crippen molar-refractivity contribution in [1.29, 1.82) is 0 Å². The van der Waals surface area contributed by atoms with E-state index in [1.165, 1.54) is 5.56 Å². The monoisotopic (exact) mass is 232 g/mol. The Kier molecular flexibility index (Phi) is 2.61. The molecule has 0 aromatic heterocycles. The molecule has 1 aromatic rings. The normalized spacial score (nSPS) is 20.2. The molecule has 0 bridgehead atoms. The van der Waals surface area contributed by atoms with Gasteiger partial charge >= 0.3 is 0 Å². The van der Waals surface area contributed by atoms with Gasteiger partial charge < -0.3 is 10.0 Å². The molecule has 4 heteroatoms. The second kappa shape index (κ2) is 4.13. The van der Waals surface area contributed by atoms with Crippen molar-refractivity contribution in [3.63, 3.8) is 0 Å². The molecule has 1 amide bonds. The fraction of sp³-hybridized carbons (Fsp3) is 0.462. The van der Waals surface area contributed by atoms with Crippen LogP contribution in [-0.2, 0) is 11.2 Å². The second-order valence-corrected chi connectivity index (χ2v) is 4.77. The summed E-state index contributed by atoms with van der Waals surface area (Å²) in [6, 6.07) is 8.07. The quantitative estimate of drug-likeness (QED) is 0.795. The van der Waals surface area contributed by atoms with Crippen molar-refractivity contribution in [2.24, 2.45) is 0 Å². The van der Waals surface area contributed by atoms with Crippen LogP contribution in [0.15, 0.2) is 24.3 Å². The molecule has 0 saturated carbocycles. The number of benzene rings is 1. The number of carbonyl (C=O) groups is 1.